The van der Waals surface area contributed by atoms with Gasteiger partial charge in [0.15, 0.2) is 5.75 Å². The molecule has 0 fully saturated rings. The average molecular weight is 355 g/mol. The molecule has 1 amide bonds. The minimum Gasteiger partial charge on any atom is -0.491 e. The summed E-state index contributed by atoms with van der Waals surface area (Å²) in [6.07, 6.45) is 0. The first-order valence-corrected chi connectivity index (χ1v) is 7.18. The second kappa shape index (κ2) is 7.22. The van der Waals surface area contributed by atoms with E-state index in [1.54, 1.807) is 19.1 Å². The summed E-state index contributed by atoms with van der Waals surface area (Å²) in [5, 5.41) is 3.28. The number of hydrogen-bond acceptors (Lipinski definition) is 2. The van der Waals surface area contributed by atoms with Crippen molar-refractivity contribution >= 4 is 50.7 Å². The number of halogens is 3. The molecule has 0 saturated heterocycles. The van der Waals surface area contributed by atoms with Crippen molar-refractivity contribution in [2.24, 2.45) is 5.92 Å². The maximum atomic E-state index is 11.8. The van der Waals surface area contributed by atoms with Crippen LogP contribution in [0.3, 0.4) is 0 Å². The first kappa shape index (κ1) is 15.6. The van der Waals surface area contributed by atoms with E-state index < -0.39 is 0 Å². The van der Waals surface area contributed by atoms with E-state index in [9.17, 15) is 4.79 Å². The zero-order chi connectivity index (χ0) is 13.7. The maximum Gasteiger partial charge on any atom is 0.228 e. The lowest BCUT2D eigenvalue weighted by molar-refractivity contribution is -0.118. The molecule has 0 bridgehead atoms. The Balaban J connectivity index is 3.02. The Bertz CT molecular complexity index is 440. The van der Waals surface area contributed by atoms with Gasteiger partial charge in [-0.2, -0.15) is 0 Å². The minimum absolute atomic E-state index is 0.167. The Labute approximate surface area is 125 Å². The average Bonchev–Trinajstić information content (AvgIpc) is 2.32. The summed E-state index contributed by atoms with van der Waals surface area (Å²) in [5.74, 6) is 0.383. The largest absolute Gasteiger partial charge is 0.491 e. The molecule has 1 rings (SSSR count). The van der Waals surface area contributed by atoms with Crippen LogP contribution in [0.5, 0.6) is 5.75 Å². The number of carbonyl (C=O) groups is 1. The number of ether oxygens (including phenoxy) is 1. The third-order valence-electron chi connectivity index (χ3n) is 2.23. The molecule has 0 heterocycles. The van der Waals surface area contributed by atoms with Gasteiger partial charge in [0.25, 0.3) is 0 Å². The molecule has 0 aliphatic carbocycles. The summed E-state index contributed by atoms with van der Waals surface area (Å²) < 4.78 is 6.18. The van der Waals surface area contributed by atoms with Gasteiger partial charge in [-0.05, 0) is 35.0 Å². The molecule has 6 heteroatoms. The highest BCUT2D eigenvalue weighted by atomic mass is 79.9. The van der Waals surface area contributed by atoms with Crippen molar-refractivity contribution in [2.75, 3.05) is 17.8 Å². The third-order valence-corrected chi connectivity index (χ3v) is 3.50. The molecule has 0 spiro atoms. The first-order valence-electron chi connectivity index (χ1n) is 5.48. The zero-order valence-corrected chi connectivity index (χ0v) is 13.2. The standard InChI is InChI=1S/C12H14BrCl2NO2/c1-3-18-11-9(13)4-8(15)5-10(11)16-12(17)7(2)6-14/h4-5,7H,3,6H2,1-2H3,(H,16,17). The van der Waals surface area contributed by atoms with Crippen LogP contribution in [0.25, 0.3) is 0 Å². The fourth-order valence-corrected chi connectivity index (χ4v) is 2.34. The summed E-state index contributed by atoms with van der Waals surface area (Å²) in [7, 11) is 0. The monoisotopic (exact) mass is 353 g/mol. The molecule has 0 aliphatic rings. The highest BCUT2D eigenvalue weighted by Crippen LogP contribution is 2.36. The number of rotatable bonds is 5. The summed E-state index contributed by atoms with van der Waals surface area (Å²) >= 11 is 15.0. The van der Waals surface area contributed by atoms with Crippen LogP contribution >= 0.6 is 39.1 Å². The lowest BCUT2D eigenvalue weighted by atomic mass is 10.2. The van der Waals surface area contributed by atoms with Gasteiger partial charge in [-0.1, -0.05) is 18.5 Å². The van der Waals surface area contributed by atoms with Gasteiger partial charge in [0.05, 0.1) is 16.8 Å². The van der Waals surface area contributed by atoms with E-state index in [1.165, 1.54) is 0 Å². The van der Waals surface area contributed by atoms with Crippen LogP contribution in [0, 0.1) is 5.92 Å². The Morgan fingerprint density at radius 1 is 1.56 bits per heavy atom. The number of amides is 1. The quantitative estimate of drug-likeness (QED) is 0.800. The fraction of sp³-hybridized carbons (Fsp3) is 0.417. The third kappa shape index (κ3) is 4.04. The lowest BCUT2D eigenvalue weighted by Gasteiger charge is -2.15. The van der Waals surface area contributed by atoms with Crippen molar-refractivity contribution < 1.29 is 9.53 Å². The van der Waals surface area contributed by atoms with Crippen LogP contribution in [0.4, 0.5) is 5.69 Å². The van der Waals surface area contributed by atoms with E-state index in [0.717, 1.165) is 0 Å². The Hall–Kier alpha value is -0.450. The molecule has 1 unspecified atom stereocenters. The topological polar surface area (TPSA) is 38.3 Å². The molecule has 1 aromatic rings. The summed E-state index contributed by atoms with van der Waals surface area (Å²) in [5.41, 5.74) is 0.540. The van der Waals surface area contributed by atoms with E-state index in [0.29, 0.717) is 27.5 Å². The van der Waals surface area contributed by atoms with E-state index in [2.05, 4.69) is 21.2 Å². The van der Waals surface area contributed by atoms with E-state index >= 15 is 0 Å². The van der Waals surface area contributed by atoms with Crippen molar-refractivity contribution in [3.05, 3.63) is 21.6 Å². The predicted molar refractivity (Wildman–Crippen MR) is 78.8 cm³/mol. The van der Waals surface area contributed by atoms with Crippen molar-refractivity contribution in [2.45, 2.75) is 13.8 Å². The van der Waals surface area contributed by atoms with Crippen molar-refractivity contribution in [1.29, 1.82) is 0 Å². The van der Waals surface area contributed by atoms with Crippen LogP contribution in [-0.4, -0.2) is 18.4 Å². The molecule has 1 aromatic carbocycles. The maximum absolute atomic E-state index is 11.8. The number of hydrogen-bond donors (Lipinski definition) is 1. The molecular weight excluding hydrogens is 341 g/mol. The van der Waals surface area contributed by atoms with E-state index in [-0.39, 0.29) is 17.7 Å². The molecule has 3 nitrogen and oxygen atoms in total. The van der Waals surface area contributed by atoms with Gasteiger partial charge in [-0.15, -0.1) is 11.6 Å². The summed E-state index contributed by atoms with van der Waals surface area (Å²) in [6.45, 7) is 4.12. The number of alkyl halides is 1. The highest BCUT2D eigenvalue weighted by Gasteiger charge is 2.16. The van der Waals surface area contributed by atoms with Gasteiger partial charge in [0, 0.05) is 16.8 Å². The van der Waals surface area contributed by atoms with Gasteiger partial charge >= 0.3 is 0 Å². The van der Waals surface area contributed by atoms with Crippen LogP contribution in [0.15, 0.2) is 16.6 Å². The SMILES string of the molecule is CCOc1c(Br)cc(Cl)cc1NC(=O)C(C)CCl. The van der Waals surface area contributed by atoms with Gasteiger partial charge in [0.2, 0.25) is 5.91 Å². The second-order valence-electron chi connectivity index (χ2n) is 3.74. The van der Waals surface area contributed by atoms with Gasteiger partial charge < -0.3 is 10.1 Å². The summed E-state index contributed by atoms with van der Waals surface area (Å²) in [6, 6.07) is 3.36. The normalized spacial score (nSPS) is 12.1. The van der Waals surface area contributed by atoms with Crippen LogP contribution < -0.4 is 10.1 Å². The predicted octanol–water partition coefficient (Wildman–Crippen LogP) is 4.31. The summed E-state index contributed by atoms with van der Waals surface area (Å²) in [4.78, 5) is 11.8. The second-order valence-corrected chi connectivity index (χ2v) is 5.34. The van der Waals surface area contributed by atoms with Crippen molar-refractivity contribution in [3.8, 4) is 5.75 Å². The zero-order valence-electron chi connectivity index (χ0n) is 10.1. The number of carbonyl (C=O) groups excluding carboxylic acids is 1. The van der Waals surface area contributed by atoms with Gasteiger partial charge in [-0.3, -0.25) is 4.79 Å². The fourth-order valence-electron chi connectivity index (χ4n) is 1.27. The van der Waals surface area contributed by atoms with Crippen molar-refractivity contribution in [1.82, 2.24) is 0 Å². The lowest BCUT2D eigenvalue weighted by Crippen LogP contribution is -2.22. The highest BCUT2D eigenvalue weighted by molar-refractivity contribution is 9.10. The van der Waals surface area contributed by atoms with Gasteiger partial charge in [0.1, 0.15) is 0 Å². The van der Waals surface area contributed by atoms with E-state index in [4.69, 9.17) is 27.9 Å². The Kier molecular flexibility index (Phi) is 6.26. The molecule has 0 aromatic heterocycles. The molecule has 0 saturated carbocycles. The minimum atomic E-state index is -0.279. The molecule has 18 heavy (non-hydrogen) atoms. The Morgan fingerprint density at radius 2 is 2.22 bits per heavy atom. The van der Waals surface area contributed by atoms with Crippen LogP contribution in [-0.2, 0) is 4.79 Å². The van der Waals surface area contributed by atoms with Gasteiger partial charge in [-0.25, -0.2) is 0 Å². The van der Waals surface area contributed by atoms with E-state index in [1.807, 2.05) is 6.92 Å². The van der Waals surface area contributed by atoms with Crippen molar-refractivity contribution in [3.63, 3.8) is 0 Å². The van der Waals surface area contributed by atoms with Crippen LogP contribution in [0.1, 0.15) is 13.8 Å². The smallest absolute Gasteiger partial charge is 0.228 e. The number of anilines is 1. The molecular formula is C12H14BrCl2NO2. The van der Waals surface area contributed by atoms with Crippen LogP contribution in [0.2, 0.25) is 5.02 Å². The Morgan fingerprint density at radius 3 is 2.78 bits per heavy atom. The molecule has 100 valence electrons. The molecule has 1 N–H and O–H groups in total. The first-order chi connectivity index (χ1) is 8.49. The number of nitrogens with one attached hydrogen (secondary N) is 1. The molecule has 1 atom stereocenters. The molecule has 0 aliphatic heterocycles. The number of benzene rings is 1. The molecule has 0 radical (unpaired) electrons.